The quantitative estimate of drug-likeness (QED) is 0.741. The van der Waals surface area contributed by atoms with Crippen molar-refractivity contribution in [3.63, 3.8) is 0 Å². The predicted octanol–water partition coefficient (Wildman–Crippen LogP) is 3.77. The summed E-state index contributed by atoms with van der Waals surface area (Å²) >= 11 is 0. The van der Waals surface area contributed by atoms with Gasteiger partial charge in [-0.3, -0.25) is 4.79 Å². The van der Waals surface area contributed by atoms with Gasteiger partial charge in [-0.2, -0.15) is 0 Å². The molecule has 5 nitrogen and oxygen atoms in total. The topological polar surface area (TPSA) is 67.0 Å². The van der Waals surface area contributed by atoms with Crippen molar-refractivity contribution in [1.29, 1.82) is 0 Å². The van der Waals surface area contributed by atoms with Crippen LogP contribution in [0.2, 0.25) is 0 Å². The molecule has 0 unspecified atom stereocenters. The van der Waals surface area contributed by atoms with E-state index in [1.807, 2.05) is 19.9 Å². The number of aromatic nitrogens is 2. The summed E-state index contributed by atoms with van der Waals surface area (Å²) < 4.78 is 19.3. The lowest BCUT2D eigenvalue weighted by atomic mass is 10.1. The number of fused-ring (bicyclic) bond motifs is 1. The van der Waals surface area contributed by atoms with Crippen molar-refractivity contribution in [3.05, 3.63) is 64.0 Å². The SMILES string of the molecule is Cc1nc2ccc(NCc3cc(F)ccc3OC(C)C)cc2c(=O)[nH]1. The van der Waals surface area contributed by atoms with E-state index in [9.17, 15) is 9.18 Å². The summed E-state index contributed by atoms with van der Waals surface area (Å²) in [6, 6.07) is 9.83. The first-order valence-electron chi connectivity index (χ1n) is 8.12. The lowest BCUT2D eigenvalue weighted by Gasteiger charge is -2.15. The fourth-order valence-corrected chi connectivity index (χ4v) is 2.62. The van der Waals surface area contributed by atoms with Gasteiger partial charge in [0.15, 0.2) is 0 Å². The molecule has 0 saturated carbocycles. The number of anilines is 1. The van der Waals surface area contributed by atoms with Crippen LogP contribution in [0, 0.1) is 12.7 Å². The van der Waals surface area contributed by atoms with Gasteiger partial charge in [0.05, 0.1) is 17.0 Å². The first-order valence-corrected chi connectivity index (χ1v) is 8.12. The van der Waals surface area contributed by atoms with Crippen molar-refractivity contribution < 1.29 is 9.13 Å². The molecule has 0 bridgehead atoms. The van der Waals surface area contributed by atoms with Crippen LogP contribution >= 0.6 is 0 Å². The van der Waals surface area contributed by atoms with E-state index in [4.69, 9.17) is 4.74 Å². The highest BCUT2D eigenvalue weighted by molar-refractivity contribution is 5.81. The van der Waals surface area contributed by atoms with E-state index < -0.39 is 0 Å². The average Bonchev–Trinajstić information content (AvgIpc) is 2.55. The first kappa shape index (κ1) is 17.0. The minimum absolute atomic E-state index is 0.00208. The Hall–Kier alpha value is -2.89. The van der Waals surface area contributed by atoms with E-state index in [0.29, 0.717) is 34.6 Å². The highest BCUT2D eigenvalue weighted by atomic mass is 19.1. The number of hydrogen-bond acceptors (Lipinski definition) is 4. The number of H-pyrrole nitrogens is 1. The number of nitrogens with zero attached hydrogens (tertiary/aromatic N) is 1. The molecule has 0 aliphatic carbocycles. The standard InChI is InChI=1S/C19H20FN3O2/c1-11(2)25-18-7-4-14(20)8-13(18)10-21-15-5-6-17-16(9-15)19(24)23-12(3)22-17/h4-9,11,21H,10H2,1-3H3,(H,22,23,24). The molecule has 0 saturated heterocycles. The highest BCUT2D eigenvalue weighted by Crippen LogP contribution is 2.23. The molecule has 1 aromatic heterocycles. The second kappa shape index (κ2) is 6.93. The second-order valence-electron chi connectivity index (χ2n) is 6.16. The molecule has 0 radical (unpaired) electrons. The van der Waals surface area contributed by atoms with E-state index >= 15 is 0 Å². The Morgan fingerprint density at radius 1 is 1.24 bits per heavy atom. The lowest BCUT2D eigenvalue weighted by molar-refractivity contribution is 0.240. The van der Waals surface area contributed by atoms with Gasteiger partial charge in [0.1, 0.15) is 17.4 Å². The fourth-order valence-electron chi connectivity index (χ4n) is 2.62. The van der Waals surface area contributed by atoms with Gasteiger partial charge in [0.25, 0.3) is 5.56 Å². The van der Waals surface area contributed by atoms with Crippen LogP contribution in [-0.2, 0) is 6.54 Å². The molecule has 6 heteroatoms. The lowest BCUT2D eigenvalue weighted by Crippen LogP contribution is -2.11. The Morgan fingerprint density at radius 2 is 2.04 bits per heavy atom. The Bertz CT molecular complexity index is 967. The summed E-state index contributed by atoms with van der Waals surface area (Å²) in [5.41, 5.74) is 1.93. The maximum absolute atomic E-state index is 13.6. The van der Waals surface area contributed by atoms with Crippen LogP contribution in [-0.4, -0.2) is 16.1 Å². The van der Waals surface area contributed by atoms with Gasteiger partial charge < -0.3 is 15.0 Å². The molecule has 1 heterocycles. The van der Waals surface area contributed by atoms with Crippen molar-refractivity contribution in [2.75, 3.05) is 5.32 Å². The molecule has 0 aliphatic rings. The van der Waals surface area contributed by atoms with Crippen LogP contribution < -0.4 is 15.6 Å². The Kier molecular flexibility index (Phi) is 4.70. The van der Waals surface area contributed by atoms with Gasteiger partial charge in [0, 0.05) is 17.8 Å². The molecular formula is C19H20FN3O2. The molecule has 0 amide bonds. The number of benzene rings is 2. The van der Waals surface area contributed by atoms with E-state index in [0.717, 1.165) is 5.69 Å². The third-order valence-electron chi connectivity index (χ3n) is 3.69. The summed E-state index contributed by atoms with van der Waals surface area (Å²) in [7, 11) is 0. The summed E-state index contributed by atoms with van der Waals surface area (Å²) in [5, 5.41) is 3.72. The van der Waals surface area contributed by atoms with Crippen LogP contribution in [0.4, 0.5) is 10.1 Å². The zero-order valence-corrected chi connectivity index (χ0v) is 14.4. The van der Waals surface area contributed by atoms with Gasteiger partial charge >= 0.3 is 0 Å². The fraction of sp³-hybridized carbons (Fsp3) is 0.263. The van der Waals surface area contributed by atoms with Crippen molar-refractivity contribution in [1.82, 2.24) is 9.97 Å². The number of nitrogens with one attached hydrogen (secondary N) is 2. The molecule has 0 atom stereocenters. The number of aromatic amines is 1. The number of rotatable bonds is 5. The zero-order chi connectivity index (χ0) is 18.0. The largest absolute Gasteiger partial charge is 0.491 e. The third kappa shape index (κ3) is 3.96. The Labute approximate surface area is 144 Å². The maximum atomic E-state index is 13.6. The van der Waals surface area contributed by atoms with Crippen LogP contribution in [0.1, 0.15) is 25.2 Å². The zero-order valence-electron chi connectivity index (χ0n) is 14.4. The summed E-state index contributed by atoms with van der Waals surface area (Å²) in [4.78, 5) is 19.0. The molecular weight excluding hydrogens is 321 g/mol. The summed E-state index contributed by atoms with van der Waals surface area (Å²) in [6.45, 7) is 5.96. The Balaban J connectivity index is 1.85. The van der Waals surface area contributed by atoms with Gasteiger partial charge in [-0.1, -0.05) is 0 Å². The summed E-state index contributed by atoms with van der Waals surface area (Å²) in [6.07, 6.45) is -0.00208. The monoisotopic (exact) mass is 341 g/mol. The van der Waals surface area contributed by atoms with Crippen LogP contribution in [0.25, 0.3) is 10.9 Å². The van der Waals surface area contributed by atoms with Crippen LogP contribution in [0.3, 0.4) is 0 Å². The van der Waals surface area contributed by atoms with Crippen molar-refractivity contribution in [2.24, 2.45) is 0 Å². The first-order chi connectivity index (χ1) is 11.9. The molecule has 2 N–H and O–H groups in total. The minimum Gasteiger partial charge on any atom is -0.491 e. The average molecular weight is 341 g/mol. The number of halogens is 1. The summed E-state index contributed by atoms with van der Waals surface area (Å²) in [5.74, 6) is 0.899. The van der Waals surface area contributed by atoms with E-state index in [2.05, 4.69) is 15.3 Å². The van der Waals surface area contributed by atoms with Crippen LogP contribution in [0.5, 0.6) is 5.75 Å². The minimum atomic E-state index is -0.317. The van der Waals surface area contributed by atoms with E-state index in [-0.39, 0.29) is 17.5 Å². The predicted molar refractivity (Wildman–Crippen MR) is 96.6 cm³/mol. The molecule has 0 fully saturated rings. The van der Waals surface area contributed by atoms with Crippen LogP contribution in [0.15, 0.2) is 41.2 Å². The molecule has 3 rings (SSSR count). The van der Waals surface area contributed by atoms with Gasteiger partial charge in [-0.25, -0.2) is 9.37 Å². The molecule has 0 spiro atoms. The maximum Gasteiger partial charge on any atom is 0.258 e. The molecule has 3 aromatic rings. The van der Waals surface area contributed by atoms with E-state index in [1.54, 1.807) is 25.1 Å². The smallest absolute Gasteiger partial charge is 0.258 e. The van der Waals surface area contributed by atoms with Gasteiger partial charge in [-0.15, -0.1) is 0 Å². The molecule has 130 valence electrons. The third-order valence-corrected chi connectivity index (χ3v) is 3.69. The molecule has 2 aromatic carbocycles. The van der Waals surface area contributed by atoms with Gasteiger partial charge in [-0.05, 0) is 57.2 Å². The van der Waals surface area contributed by atoms with Gasteiger partial charge in [0.2, 0.25) is 0 Å². The Morgan fingerprint density at radius 3 is 2.80 bits per heavy atom. The second-order valence-corrected chi connectivity index (χ2v) is 6.16. The van der Waals surface area contributed by atoms with Crippen molar-refractivity contribution in [2.45, 2.75) is 33.4 Å². The number of aryl methyl sites for hydroxylation is 1. The van der Waals surface area contributed by atoms with Crippen molar-refractivity contribution in [3.8, 4) is 5.75 Å². The number of ether oxygens (including phenoxy) is 1. The van der Waals surface area contributed by atoms with Crippen molar-refractivity contribution >= 4 is 16.6 Å². The molecule has 0 aliphatic heterocycles. The normalized spacial score (nSPS) is 11.1. The molecule has 25 heavy (non-hydrogen) atoms. The number of hydrogen-bond donors (Lipinski definition) is 2. The highest BCUT2D eigenvalue weighted by Gasteiger charge is 2.08. The van der Waals surface area contributed by atoms with E-state index in [1.165, 1.54) is 12.1 Å².